The van der Waals surface area contributed by atoms with Gasteiger partial charge in [0.1, 0.15) is 5.52 Å². The van der Waals surface area contributed by atoms with Gasteiger partial charge in [0.05, 0.1) is 12.2 Å². The van der Waals surface area contributed by atoms with Gasteiger partial charge in [-0.3, -0.25) is 4.79 Å². The van der Waals surface area contributed by atoms with Gasteiger partial charge < -0.3 is 9.80 Å². The van der Waals surface area contributed by atoms with E-state index in [4.69, 9.17) is 5.10 Å². The van der Waals surface area contributed by atoms with Gasteiger partial charge in [-0.2, -0.15) is 5.10 Å². The average Bonchev–Trinajstić information content (AvgIpc) is 3.31. The van der Waals surface area contributed by atoms with E-state index in [0.717, 1.165) is 48.5 Å². The Labute approximate surface area is 158 Å². The fourth-order valence-corrected chi connectivity index (χ4v) is 3.58. The molecular formula is C20H24N6O. The summed E-state index contributed by atoms with van der Waals surface area (Å²) in [7, 11) is 4.09. The van der Waals surface area contributed by atoms with E-state index in [9.17, 15) is 4.79 Å². The minimum Gasteiger partial charge on any atom is -0.338 e. The lowest BCUT2D eigenvalue weighted by Crippen LogP contribution is -2.28. The van der Waals surface area contributed by atoms with Crippen LogP contribution in [0.25, 0.3) is 11.2 Å². The molecule has 2 aromatic heterocycles. The molecule has 0 bridgehead atoms. The number of hydrogen-bond donors (Lipinski definition) is 0. The monoisotopic (exact) mass is 364 g/mol. The largest absolute Gasteiger partial charge is 0.338 e. The van der Waals surface area contributed by atoms with Crippen molar-refractivity contribution < 1.29 is 4.79 Å². The molecule has 0 aliphatic carbocycles. The summed E-state index contributed by atoms with van der Waals surface area (Å²) in [4.78, 5) is 25.8. The Kier molecular flexibility index (Phi) is 4.85. The number of carbonyl (C=O) groups excluding carboxylic acids is 1. The average molecular weight is 364 g/mol. The van der Waals surface area contributed by atoms with Crippen LogP contribution in [0.5, 0.6) is 0 Å². The van der Waals surface area contributed by atoms with E-state index < -0.39 is 0 Å². The lowest BCUT2D eigenvalue weighted by atomic mass is 10.0. The van der Waals surface area contributed by atoms with Gasteiger partial charge in [-0.25, -0.2) is 14.6 Å². The predicted molar refractivity (Wildman–Crippen MR) is 104 cm³/mol. The Balaban J connectivity index is 1.57. The first-order chi connectivity index (χ1) is 13.1. The second-order valence-corrected chi connectivity index (χ2v) is 7.24. The van der Waals surface area contributed by atoms with Crippen LogP contribution in [0, 0.1) is 0 Å². The minimum absolute atomic E-state index is 0.0838. The van der Waals surface area contributed by atoms with Crippen molar-refractivity contribution in [3.63, 3.8) is 0 Å². The van der Waals surface area contributed by atoms with Crippen LogP contribution >= 0.6 is 0 Å². The van der Waals surface area contributed by atoms with Crippen LogP contribution in [-0.2, 0) is 6.54 Å². The quantitative estimate of drug-likeness (QED) is 0.693. The molecule has 1 fully saturated rings. The van der Waals surface area contributed by atoms with Crippen LogP contribution in [0.3, 0.4) is 0 Å². The van der Waals surface area contributed by atoms with Crippen LogP contribution in [0.4, 0.5) is 0 Å². The molecular weight excluding hydrogens is 340 g/mol. The van der Waals surface area contributed by atoms with Gasteiger partial charge in [0, 0.05) is 43.5 Å². The first-order valence-corrected chi connectivity index (χ1v) is 9.30. The van der Waals surface area contributed by atoms with Crippen molar-refractivity contribution in [1.82, 2.24) is 29.5 Å². The topological polar surface area (TPSA) is 67.2 Å². The van der Waals surface area contributed by atoms with Crippen molar-refractivity contribution in [2.45, 2.75) is 18.9 Å². The maximum Gasteiger partial charge on any atom is 0.253 e. The van der Waals surface area contributed by atoms with Crippen LogP contribution in [-0.4, -0.2) is 69.2 Å². The summed E-state index contributed by atoms with van der Waals surface area (Å²) in [5, 5.41) is 4.84. The smallest absolute Gasteiger partial charge is 0.253 e. The Morgan fingerprint density at radius 3 is 2.74 bits per heavy atom. The SMILES string of the molecule is CN(C)CCn1nc(C2CCN(C(=O)c3ccccc3)C2)c2nccnc21. The molecule has 140 valence electrons. The molecule has 1 atom stereocenters. The molecule has 0 radical (unpaired) electrons. The third-order valence-corrected chi connectivity index (χ3v) is 5.04. The van der Waals surface area contributed by atoms with E-state index in [1.165, 1.54) is 0 Å². The van der Waals surface area contributed by atoms with E-state index >= 15 is 0 Å². The number of aromatic nitrogens is 4. The summed E-state index contributed by atoms with van der Waals surface area (Å²) in [6.07, 6.45) is 4.32. The Morgan fingerprint density at radius 1 is 1.19 bits per heavy atom. The fourth-order valence-electron chi connectivity index (χ4n) is 3.58. The number of likely N-dealkylation sites (tertiary alicyclic amines) is 1. The van der Waals surface area contributed by atoms with Crippen LogP contribution in [0.15, 0.2) is 42.7 Å². The maximum absolute atomic E-state index is 12.7. The van der Waals surface area contributed by atoms with Crippen molar-refractivity contribution in [1.29, 1.82) is 0 Å². The molecule has 0 spiro atoms. The molecule has 1 unspecified atom stereocenters. The first kappa shape index (κ1) is 17.6. The number of hydrogen-bond acceptors (Lipinski definition) is 5. The van der Waals surface area contributed by atoms with Crippen molar-refractivity contribution in [2.75, 3.05) is 33.7 Å². The molecule has 7 heteroatoms. The van der Waals surface area contributed by atoms with Crippen molar-refractivity contribution in [3.8, 4) is 0 Å². The van der Waals surface area contributed by atoms with Crippen molar-refractivity contribution in [2.24, 2.45) is 0 Å². The summed E-state index contributed by atoms with van der Waals surface area (Å²) in [5.74, 6) is 0.276. The van der Waals surface area contributed by atoms with Crippen LogP contribution in [0.1, 0.15) is 28.4 Å². The molecule has 0 saturated carbocycles. The zero-order chi connectivity index (χ0) is 18.8. The molecule has 3 heterocycles. The molecule has 1 amide bonds. The summed E-state index contributed by atoms with van der Waals surface area (Å²) in [6, 6.07) is 9.46. The van der Waals surface area contributed by atoms with Crippen LogP contribution in [0.2, 0.25) is 0 Å². The van der Waals surface area contributed by atoms with E-state index in [-0.39, 0.29) is 11.8 Å². The van der Waals surface area contributed by atoms with E-state index in [1.54, 1.807) is 12.4 Å². The van der Waals surface area contributed by atoms with Crippen LogP contribution < -0.4 is 0 Å². The fraction of sp³-hybridized carbons (Fsp3) is 0.400. The molecule has 7 nitrogen and oxygen atoms in total. The van der Waals surface area contributed by atoms with Gasteiger partial charge in [-0.1, -0.05) is 18.2 Å². The summed E-state index contributed by atoms with van der Waals surface area (Å²) in [5.41, 5.74) is 3.37. The number of benzene rings is 1. The zero-order valence-corrected chi connectivity index (χ0v) is 15.7. The highest BCUT2D eigenvalue weighted by Crippen LogP contribution is 2.31. The second-order valence-electron chi connectivity index (χ2n) is 7.24. The molecule has 4 rings (SSSR count). The number of nitrogens with zero attached hydrogens (tertiary/aromatic N) is 6. The highest BCUT2D eigenvalue weighted by Gasteiger charge is 2.31. The summed E-state index contributed by atoms with van der Waals surface area (Å²) < 4.78 is 1.94. The summed E-state index contributed by atoms with van der Waals surface area (Å²) in [6.45, 7) is 3.06. The lowest BCUT2D eigenvalue weighted by Gasteiger charge is -2.16. The lowest BCUT2D eigenvalue weighted by molar-refractivity contribution is 0.0790. The zero-order valence-electron chi connectivity index (χ0n) is 15.7. The molecule has 1 saturated heterocycles. The van der Waals surface area contributed by atoms with Gasteiger partial charge in [0.2, 0.25) is 0 Å². The first-order valence-electron chi connectivity index (χ1n) is 9.30. The Hall–Kier alpha value is -2.80. The van der Waals surface area contributed by atoms with Crippen molar-refractivity contribution >= 4 is 17.1 Å². The Bertz CT molecular complexity index is 936. The van der Waals surface area contributed by atoms with Gasteiger partial charge >= 0.3 is 0 Å². The third kappa shape index (κ3) is 3.55. The third-order valence-electron chi connectivity index (χ3n) is 5.04. The molecule has 3 aromatic rings. The molecule has 1 aliphatic rings. The van der Waals surface area contributed by atoms with Gasteiger partial charge in [0.25, 0.3) is 5.91 Å². The highest BCUT2D eigenvalue weighted by atomic mass is 16.2. The van der Waals surface area contributed by atoms with E-state index in [0.29, 0.717) is 6.54 Å². The molecule has 27 heavy (non-hydrogen) atoms. The number of fused-ring (bicyclic) bond motifs is 1. The predicted octanol–water partition coefficient (Wildman–Crippen LogP) is 2.02. The summed E-state index contributed by atoms with van der Waals surface area (Å²) >= 11 is 0. The second kappa shape index (κ2) is 7.44. The van der Waals surface area contributed by atoms with Gasteiger partial charge in [-0.05, 0) is 32.6 Å². The molecule has 1 aliphatic heterocycles. The van der Waals surface area contributed by atoms with E-state index in [1.807, 2.05) is 54.0 Å². The normalized spacial score (nSPS) is 17.1. The standard InChI is InChI=1S/C20H24N6O/c1-24(2)12-13-26-19-18(21-9-10-22-19)17(23-26)16-8-11-25(14-16)20(27)15-6-4-3-5-7-15/h3-7,9-10,16H,8,11-14H2,1-2H3. The number of carbonyl (C=O) groups is 1. The minimum atomic E-state index is 0.0838. The molecule has 0 N–H and O–H groups in total. The van der Waals surface area contributed by atoms with E-state index in [2.05, 4.69) is 14.9 Å². The van der Waals surface area contributed by atoms with Crippen molar-refractivity contribution in [3.05, 3.63) is 54.0 Å². The molecule has 1 aromatic carbocycles. The van der Waals surface area contributed by atoms with Gasteiger partial charge in [-0.15, -0.1) is 0 Å². The number of rotatable bonds is 5. The number of amides is 1. The maximum atomic E-state index is 12.7. The van der Waals surface area contributed by atoms with Gasteiger partial charge in [0.15, 0.2) is 5.65 Å². The number of likely N-dealkylation sites (N-methyl/N-ethyl adjacent to an activating group) is 1. The highest BCUT2D eigenvalue weighted by molar-refractivity contribution is 5.94. The Morgan fingerprint density at radius 2 is 1.96 bits per heavy atom.